The van der Waals surface area contributed by atoms with Crippen LogP contribution in [0.2, 0.25) is 10.0 Å². The molecule has 0 saturated carbocycles. The number of hydrogen-bond acceptors (Lipinski definition) is 3. The average Bonchev–Trinajstić information content (AvgIpc) is 2.38. The van der Waals surface area contributed by atoms with E-state index >= 15 is 0 Å². The van der Waals surface area contributed by atoms with Gasteiger partial charge in [0.1, 0.15) is 0 Å². The third kappa shape index (κ3) is 4.06. The van der Waals surface area contributed by atoms with Gasteiger partial charge in [0.2, 0.25) is 5.91 Å². The molecular formula is C13H16Cl2FN3O. The number of rotatable bonds is 3. The molecule has 0 unspecified atom stereocenters. The summed E-state index contributed by atoms with van der Waals surface area (Å²) in [7, 11) is 0. The van der Waals surface area contributed by atoms with Crippen LogP contribution in [0.25, 0.3) is 0 Å². The highest BCUT2D eigenvalue weighted by molar-refractivity contribution is 6.35. The molecule has 20 heavy (non-hydrogen) atoms. The molecule has 1 aromatic carbocycles. The van der Waals surface area contributed by atoms with Crippen molar-refractivity contribution in [2.75, 3.05) is 25.0 Å². The fourth-order valence-corrected chi connectivity index (χ4v) is 2.63. The molecule has 0 bridgehead atoms. The summed E-state index contributed by atoms with van der Waals surface area (Å²) in [5.74, 6) is -0.865. The van der Waals surface area contributed by atoms with E-state index in [4.69, 9.17) is 28.9 Å². The van der Waals surface area contributed by atoms with Gasteiger partial charge in [0, 0.05) is 24.8 Å². The van der Waals surface area contributed by atoms with Crippen LogP contribution in [0.15, 0.2) is 12.1 Å². The fourth-order valence-electron chi connectivity index (χ4n) is 2.14. The molecule has 1 fully saturated rings. The third-order valence-electron chi connectivity index (χ3n) is 3.27. The molecule has 7 heteroatoms. The van der Waals surface area contributed by atoms with E-state index in [2.05, 4.69) is 5.32 Å². The number of hydrogen-bond donors (Lipinski definition) is 2. The van der Waals surface area contributed by atoms with Crippen molar-refractivity contribution in [2.45, 2.75) is 18.9 Å². The zero-order valence-electron chi connectivity index (χ0n) is 10.8. The highest BCUT2D eigenvalue weighted by Gasteiger charge is 2.18. The molecule has 1 amide bonds. The molecule has 0 aliphatic carbocycles. The van der Waals surface area contributed by atoms with Gasteiger partial charge in [-0.3, -0.25) is 9.69 Å². The van der Waals surface area contributed by atoms with Crippen molar-refractivity contribution in [2.24, 2.45) is 5.73 Å². The topological polar surface area (TPSA) is 58.4 Å². The molecule has 0 aromatic heterocycles. The normalized spacial score (nSPS) is 17.2. The van der Waals surface area contributed by atoms with Crippen LogP contribution in [0.5, 0.6) is 0 Å². The lowest BCUT2D eigenvalue weighted by Gasteiger charge is -2.29. The summed E-state index contributed by atoms with van der Waals surface area (Å²) in [5.41, 5.74) is 6.20. The highest BCUT2D eigenvalue weighted by atomic mass is 35.5. The minimum Gasteiger partial charge on any atom is -0.328 e. The van der Waals surface area contributed by atoms with Crippen LogP contribution in [-0.2, 0) is 4.79 Å². The first kappa shape index (κ1) is 15.5. The Morgan fingerprint density at radius 3 is 2.45 bits per heavy atom. The van der Waals surface area contributed by atoms with Gasteiger partial charge in [-0.05, 0) is 25.0 Å². The Morgan fingerprint density at radius 2 is 1.90 bits per heavy atom. The van der Waals surface area contributed by atoms with E-state index in [1.54, 1.807) is 0 Å². The van der Waals surface area contributed by atoms with Crippen LogP contribution in [0.4, 0.5) is 10.1 Å². The molecule has 110 valence electrons. The van der Waals surface area contributed by atoms with Crippen LogP contribution >= 0.6 is 23.2 Å². The lowest BCUT2D eigenvalue weighted by atomic mass is 10.1. The maximum atomic E-state index is 13.3. The number of piperidine rings is 1. The first-order valence-corrected chi connectivity index (χ1v) is 7.13. The van der Waals surface area contributed by atoms with Gasteiger partial charge in [-0.2, -0.15) is 0 Å². The predicted octanol–water partition coefficient (Wildman–Crippen LogP) is 2.49. The molecule has 1 aliphatic heterocycles. The van der Waals surface area contributed by atoms with E-state index in [1.807, 2.05) is 4.90 Å². The number of nitrogens with two attached hydrogens (primary N) is 1. The molecular weight excluding hydrogens is 304 g/mol. The number of halogens is 3. The lowest BCUT2D eigenvalue weighted by molar-refractivity contribution is -0.117. The molecule has 0 radical (unpaired) electrons. The quantitative estimate of drug-likeness (QED) is 0.841. The summed E-state index contributed by atoms with van der Waals surface area (Å²) in [6, 6.07) is 2.91. The average molecular weight is 320 g/mol. The number of carbonyl (C=O) groups is 1. The van der Waals surface area contributed by atoms with E-state index in [1.165, 1.54) is 12.1 Å². The number of nitrogens with zero attached hydrogens (tertiary/aromatic N) is 1. The van der Waals surface area contributed by atoms with Gasteiger partial charge < -0.3 is 11.1 Å². The van der Waals surface area contributed by atoms with Crippen LogP contribution in [-0.4, -0.2) is 36.5 Å². The fraction of sp³-hybridized carbons (Fsp3) is 0.462. The second-order valence-corrected chi connectivity index (χ2v) is 5.73. The smallest absolute Gasteiger partial charge is 0.238 e. The van der Waals surface area contributed by atoms with Gasteiger partial charge >= 0.3 is 0 Å². The Labute approximate surface area is 127 Å². The van der Waals surface area contributed by atoms with Gasteiger partial charge in [-0.1, -0.05) is 23.2 Å². The zero-order chi connectivity index (χ0) is 14.7. The summed E-state index contributed by atoms with van der Waals surface area (Å²) in [5, 5.41) is 2.43. The Balaban J connectivity index is 1.91. The minimum absolute atomic E-state index is 0.114. The standard InChI is InChI=1S/C13H16Cl2FN3O/c14-10-5-9(6-11(15)13(10)16)18-12(20)7-19-3-1-8(17)2-4-19/h5-6,8H,1-4,7,17H2,(H,18,20). The van der Waals surface area contributed by atoms with Gasteiger partial charge in [0.25, 0.3) is 0 Å². The maximum Gasteiger partial charge on any atom is 0.238 e. The Hall–Kier alpha value is -0.880. The maximum absolute atomic E-state index is 13.3. The van der Waals surface area contributed by atoms with Crippen LogP contribution in [0.3, 0.4) is 0 Å². The van der Waals surface area contributed by atoms with Crippen molar-refractivity contribution in [3.05, 3.63) is 28.0 Å². The van der Waals surface area contributed by atoms with Crippen LogP contribution in [0.1, 0.15) is 12.8 Å². The molecule has 2 rings (SSSR count). The van der Waals surface area contributed by atoms with E-state index in [0.717, 1.165) is 25.9 Å². The molecule has 3 N–H and O–H groups in total. The number of amides is 1. The Morgan fingerprint density at radius 1 is 1.35 bits per heavy atom. The number of benzene rings is 1. The SMILES string of the molecule is NC1CCN(CC(=O)Nc2cc(Cl)c(F)c(Cl)c2)CC1. The monoisotopic (exact) mass is 319 g/mol. The summed E-state index contributed by atoms with van der Waals surface area (Å²) >= 11 is 11.4. The Kier molecular flexibility index (Phi) is 5.21. The predicted molar refractivity (Wildman–Crippen MR) is 78.7 cm³/mol. The first-order chi connectivity index (χ1) is 9.45. The Bertz CT molecular complexity index is 481. The van der Waals surface area contributed by atoms with Gasteiger partial charge in [0.15, 0.2) is 5.82 Å². The van der Waals surface area contributed by atoms with E-state index in [0.29, 0.717) is 5.69 Å². The van der Waals surface area contributed by atoms with E-state index in [-0.39, 0.29) is 28.5 Å². The lowest BCUT2D eigenvalue weighted by Crippen LogP contribution is -2.43. The van der Waals surface area contributed by atoms with Crippen molar-refractivity contribution in [1.29, 1.82) is 0 Å². The van der Waals surface area contributed by atoms with Crippen molar-refractivity contribution >= 4 is 34.8 Å². The first-order valence-electron chi connectivity index (χ1n) is 6.38. The van der Waals surface area contributed by atoms with E-state index in [9.17, 15) is 9.18 Å². The molecule has 1 aromatic rings. The summed E-state index contributed by atoms with van der Waals surface area (Å²) in [4.78, 5) is 13.9. The molecule has 1 heterocycles. The second kappa shape index (κ2) is 6.72. The molecule has 4 nitrogen and oxygen atoms in total. The number of carbonyl (C=O) groups excluding carboxylic acids is 1. The van der Waals surface area contributed by atoms with Crippen molar-refractivity contribution in [3.8, 4) is 0 Å². The molecule has 1 aliphatic rings. The molecule has 0 atom stereocenters. The van der Waals surface area contributed by atoms with Crippen LogP contribution < -0.4 is 11.1 Å². The van der Waals surface area contributed by atoms with Crippen molar-refractivity contribution in [1.82, 2.24) is 4.90 Å². The number of likely N-dealkylation sites (tertiary alicyclic amines) is 1. The van der Waals surface area contributed by atoms with Crippen LogP contribution in [0, 0.1) is 5.82 Å². The van der Waals surface area contributed by atoms with Gasteiger partial charge in [-0.25, -0.2) is 4.39 Å². The van der Waals surface area contributed by atoms with Crippen molar-refractivity contribution < 1.29 is 9.18 Å². The summed E-state index contributed by atoms with van der Waals surface area (Å²) < 4.78 is 13.3. The minimum atomic E-state index is -0.684. The zero-order valence-corrected chi connectivity index (χ0v) is 12.3. The highest BCUT2D eigenvalue weighted by Crippen LogP contribution is 2.27. The summed E-state index contributed by atoms with van der Waals surface area (Å²) in [6.45, 7) is 1.89. The molecule has 0 spiro atoms. The second-order valence-electron chi connectivity index (χ2n) is 4.92. The van der Waals surface area contributed by atoms with Gasteiger partial charge in [-0.15, -0.1) is 0 Å². The molecule has 1 saturated heterocycles. The number of nitrogens with one attached hydrogen (secondary N) is 1. The number of anilines is 1. The summed E-state index contributed by atoms with van der Waals surface area (Å²) in [6.07, 6.45) is 1.78. The largest absolute Gasteiger partial charge is 0.328 e. The third-order valence-corrected chi connectivity index (χ3v) is 3.82. The van der Waals surface area contributed by atoms with Gasteiger partial charge in [0.05, 0.1) is 16.6 Å². The van der Waals surface area contributed by atoms with Crippen molar-refractivity contribution in [3.63, 3.8) is 0 Å². The van der Waals surface area contributed by atoms with E-state index < -0.39 is 5.82 Å².